The molecule has 5 rings (SSSR count). The third-order valence-electron chi connectivity index (χ3n) is 9.38. The van der Waals surface area contributed by atoms with E-state index in [9.17, 15) is 19.5 Å². The molecule has 6 atom stereocenters. The first-order valence-corrected chi connectivity index (χ1v) is 16.1. The Morgan fingerprint density at radius 3 is 2.37 bits per heavy atom. The number of aliphatic hydroxyl groups excluding tert-OH is 1. The summed E-state index contributed by atoms with van der Waals surface area (Å²) in [6, 6.07) is 15.4. The Labute approximate surface area is 263 Å². The molecule has 7 nitrogen and oxygen atoms in total. The highest BCUT2D eigenvalue weighted by molar-refractivity contribution is 8.02. The van der Waals surface area contributed by atoms with Gasteiger partial charge in [-0.15, -0.1) is 24.9 Å². The molecule has 228 valence electrons. The summed E-state index contributed by atoms with van der Waals surface area (Å²) in [5.74, 6) is -1.84. The highest BCUT2D eigenvalue weighted by Crippen LogP contribution is 2.72. The molecule has 1 spiro atoms. The molecular formula is C34H40ClN3O4S. The molecule has 0 aromatic heterocycles. The number of aliphatic hydroxyl groups is 1. The number of hydrogen-bond donors (Lipinski definition) is 1. The standard InChI is InChI=1S/C34H40ClN3O4S/c1-5-19-36(21-23-11-9-8-10-12-23)30(40)27-28-31(41)38(25(7-3)22-39)29(34(28)18-17-33(27,4)43-34)32(42)37(20-6-2)26-15-13-24(35)14-16-26/h5-6,8-16,25,27-29,39H,1-2,7,17-22H2,3-4H3/t25-,27+,28-,29?,33-,34?/m0/s1. The molecule has 3 amide bonds. The van der Waals surface area contributed by atoms with E-state index in [1.807, 2.05) is 37.3 Å². The van der Waals surface area contributed by atoms with E-state index in [0.717, 1.165) is 5.56 Å². The van der Waals surface area contributed by atoms with Crippen molar-refractivity contribution in [2.24, 2.45) is 11.8 Å². The van der Waals surface area contributed by atoms with Crippen LogP contribution in [0.25, 0.3) is 0 Å². The molecule has 2 aromatic carbocycles. The molecule has 3 heterocycles. The number of benzene rings is 2. The fraction of sp³-hybridized carbons (Fsp3) is 0.441. The number of fused-ring (bicyclic) bond motifs is 1. The predicted molar refractivity (Wildman–Crippen MR) is 173 cm³/mol. The normalized spacial score (nSPS) is 28.0. The highest BCUT2D eigenvalue weighted by Gasteiger charge is 2.78. The summed E-state index contributed by atoms with van der Waals surface area (Å²) in [6.45, 7) is 12.5. The Balaban J connectivity index is 1.58. The first-order valence-electron chi connectivity index (χ1n) is 14.9. The summed E-state index contributed by atoms with van der Waals surface area (Å²) in [5.41, 5.74) is 1.64. The van der Waals surface area contributed by atoms with Crippen molar-refractivity contribution in [3.8, 4) is 0 Å². The van der Waals surface area contributed by atoms with Crippen LogP contribution in [0.1, 0.15) is 38.7 Å². The second-order valence-electron chi connectivity index (χ2n) is 11.9. The number of amides is 3. The van der Waals surface area contributed by atoms with Gasteiger partial charge in [-0.2, -0.15) is 0 Å². The minimum Gasteiger partial charge on any atom is -0.394 e. The Kier molecular flexibility index (Phi) is 9.12. The lowest BCUT2D eigenvalue weighted by atomic mass is 9.66. The van der Waals surface area contributed by atoms with Gasteiger partial charge in [0.1, 0.15) is 6.04 Å². The van der Waals surface area contributed by atoms with E-state index in [2.05, 4.69) is 20.1 Å². The zero-order valence-corrected chi connectivity index (χ0v) is 26.4. The van der Waals surface area contributed by atoms with Crippen molar-refractivity contribution in [1.82, 2.24) is 9.80 Å². The number of thioether (sulfide) groups is 1. The van der Waals surface area contributed by atoms with E-state index >= 15 is 0 Å². The molecule has 1 N–H and O–H groups in total. The van der Waals surface area contributed by atoms with Gasteiger partial charge in [0.25, 0.3) is 5.91 Å². The van der Waals surface area contributed by atoms with Crippen molar-refractivity contribution in [3.63, 3.8) is 0 Å². The van der Waals surface area contributed by atoms with Gasteiger partial charge >= 0.3 is 0 Å². The topological polar surface area (TPSA) is 81.2 Å². The van der Waals surface area contributed by atoms with Crippen LogP contribution in [0.2, 0.25) is 5.02 Å². The van der Waals surface area contributed by atoms with Gasteiger partial charge in [0, 0.05) is 35.1 Å². The SMILES string of the molecule is C=CCN(Cc1ccccc1)C(=O)[C@H]1[C@H]2C(=O)N([C@@H](CC)CO)C(C(=O)N(CC=C)c3ccc(Cl)cc3)C23CC[C@]1(C)S3. The molecule has 43 heavy (non-hydrogen) atoms. The predicted octanol–water partition coefficient (Wildman–Crippen LogP) is 5.33. The van der Waals surface area contributed by atoms with Crippen molar-refractivity contribution in [2.45, 2.75) is 61.2 Å². The van der Waals surface area contributed by atoms with Crippen molar-refractivity contribution < 1.29 is 19.5 Å². The zero-order valence-electron chi connectivity index (χ0n) is 24.8. The van der Waals surface area contributed by atoms with Crippen LogP contribution in [0.4, 0.5) is 5.69 Å². The minimum atomic E-state index is -0.843. The van der Waals surface area contributed by atoms with Crippen LogP contribution in [0, 0.1) is 11.8 Å². The molecule has 3 saturated heterocycles. The summed E-state index contributed by atoms with van der Waals surface area (Å²) in [6.07, 6.45) is 5.20. The molecule has 3 aliphatic rings. The Hall–Kier alpha value is -3.07. The number of halogens is 1. The maximum Gasteiger partial charge on any atom is 0.251 e. The Bertz CT molecular complexity index is 1380. The number of rotatable bonds is 12. The number of likely N-dealkylation sites (tertiary alicyclic amines) is 1. The van der Waals surface area contributed by atoms with Crippen LogP contribution >= 0.6 is 23.4 Å². The van der Waals surface area contributed by atoms with Gasteiger partial charge in [0.15, 0.2) is 0 Å². The van der Waals surface area contributed by atoms with Crippen molar-refractivity contribution in [3.05, 3.63) is 90.5 Å². The van der Waals surface area contributed by atoms with Gasteiger partial charge in [0.2, 0.25) is 11.8 Å². The quantitative estimate of drug-likeness (QED) is 0.324. The number of carbonyl (C=O) groups excluding carboxylic acids is 3. The number of nitrogens with zero attached hydrogens (tertiary/aromatic N) is 3. The fourth-order valence-corrected chi connectivity index (χ4v) is 9.89. The zero-order chi connectivity index (χ0) is 30.9. The number of carbonyl (C=O) groups is 3. The molecule has 0 saturated carbocycles. The third-order valence-corrected chi connectivity index (χ3v) is 11.6. The van der Waals surface area contributed by atoms with Crippen molar-refractivity contribution >= 4 is 46.8 Å². The van der Waals surface area contributed by atoms with Crippen LogP contribution in [0.15, 0.2) is 79.9 Å². The largest absolute Gasteiger partial charge is 0.394 e. The van der Waals surface area contributed by atoms with Crippen molar-refractivity contribution in [1.29, 1.82) is 0 Å². The van der Waals surface area contributed by atoms with Gasteiger partial charge in [-0.25, -0.2) is 0 Å². The first-order chi connectivity index (χ1) is 20.7. The average Bonchev–Trinajstić information content (AvgIpc) is 3.57. The van der Waals surface area contributed by atoms with Gasteiger partial charge in [-0.3, -0.25) is 14.4 Å². The minimum absolute atomic E-state index is 0.0931. The lowest BCUT2D eigenvalue weighted by Crippen LogP contribution is -2.57. The lowest BCUT2D eigenvalue weighted by Gasteiger charge is -2.39. The molecule has 2 bridgehead atoms. The van der Waals surface area contributed by atoms with E-state index in [4.69, 9.17) is 11.6 Å². The Morgan fingerprint density at radius 2 is 1.77 bits per heavy atom. The summed E-state index contributed by atoms with van der Waals surface area (Å²) >= 11 is 7.79. The van der Waals surface area contributed by atoms with E-state index in [1.165, 1.54) is 0 Å². The molecule has 2 unspecified atom stereocenters. The maximum absolute atomic E-state index is 14.7. The van der Waals surface area contributed by atoms with E-state index < -0.39 is 33.4 Å². The van der Waals surface area contributed by atoms with Crippen LogP contribution < -0.4 is 4.90 Å². The summed E-state index contributed by atoms with van der Waals surface area (Å²) in [4.78, 5) is 48.9. The van der Waals surface area contributed by atoms with E-state index in [1.54, 1.807) is 62.9 Å². The van der Waals surface area contributed by atoms with Crippen LogP contribution in [-0.4, -0.2) is 73.9 Å². The molecule has 2 aromatic rings. The average molecular weight is 622 g/mol. The second-order valence-corrected chi connectivity index (χ2v) is 14.3. The number of anilines is 1. The maximum atomic E-state index is 14.7. The second kappa shape index (κ2) is 12.5. The number of hydrogen-bond acceptors (Lipinski definition) is 5. The van der Waals surface area contributed by atoms with Gasteiger partial charge in [-0.1, -0.05) is 61.0 Å². The molecule has 9 heteroatoms. The molecule has 0 radical (unpaired) electrons. The first kappa shape index (κ1) is 31.4. The van der Waals surface area contributed by atoms with Gasteiger partial charge in [-0.05, 0) is 56.0 Å². The van der Waals surface area contributed by atoms with E-state index in [-0.39, 0.29) is 30.9 Å². The molecule has 3 fully saturated rings. The lowest BCUT2D eigenvalue weighted by molar-refractivity contribution is -0.146. The molecule has 0 aliphatic carbocycles. The van der Waals surface area contributed by atoms with Crippen LogP contribution in [0.3, 0.4) is 0 Å². The molecule has 3 aliphatic heterocycles. The highest BCUT2D eigenvalue weighted by atomic mass is 35.5. The Morgan fingerprint density at radius 1 is 1.09 bits per heavy atom. The molecular weight excluding hydrogens is 582 g/mol. The van der Waals surface area contributed by atoms with Crippen LogP contribution in [0.5, 0.6) is 0 Å². The van der Waals surface area contributed by atoms with E-state index in [0.29, 0.717) is 43.1 Å². The monoisotopic (exact) mass is 621 g/mol. The third kappa shape index (κ3) is 5.32. The van der Waals surface area contributed by atoms with Crippen molar-refractivity contribution in [2.75, 3.05) is 24.6 Å². The van der Waals surface area contributed by atoms with Gasteiger partial charge in [0.05, 0.1) is 29.2 Å². The van der Waals surface area contributed by atoms with Gasteiger partial charge < -0.3 is 19.8 Å². The summed E-state index contributed by atoms with van der Waals surface area (Å²) in [5, 5.41) is 11.0. The fourth-order valence-electron chi connectivity index (χ4n) is 7.44. The van der Waals surface area contributed by atoms with Crippen LogP contribution in [-0.2, 0) is 20.9 Å². The summed E-state index contributed by atoms with van der Waals surface area (Å²) < 4.78 is -1.31. The summed E-state index contributed by atoms with van der Waals surface area (Å²) in [7, 11) is 0. The smallest absolute Gasteiger partial charge is 0.251 e.